The van der Waals surface area contributed by atoms with Crippen LogP contribution in [0.4, 0.5) is 8.78 Å². The maximum Gasteiger partial charge on any atom is 0.248 e. The van der Waals surface area contributed by atoms with E-state index in [4.69, 9.17) is 0 Å². The zero-order valence-corrected chi connectivity index (χ0v) is 20.8. The van der Waals surface area contributed by atoms with Crippen LogP contribution in [0.15, 0.2) is 0 Å². The van der Waals surface area contributed by atoms with Crippen LogP contribution in [0.25, 0.3) is 0 Å². The van der Waals surface area contributed by atoms with Gasteiger partial charge in [0.25, 0.3) is 0 Å². The van der Waals surface area contributed by atoms with Crippen molar-refractivity contribution < 1.29 is 18.4 Å². The lowest BCUT2D eigenvalue weighted by Gasteiger charge is -2.50. The van der Waals surface area contributed by atoms with Gasteiger partial charge in [0.05, 0.1) is 0 Å². The monoisotopic (exact) mass is 467 g/mol. The summed E-state index contributed by atoms with van der Waals surface area (Å²) < 4.78 is 27.7. The molecule has 0 bridgehead atoms. The number of likely N-dealkylation sites (tertiary alicyclic amines) is 1. The van der Waals surface area contributed by atoms with Crippen LogP contribution in [-0.4, -0.2) is 54.4 Å². The van der Waals surface area contributed by atoms with Gasteiger partial charge in [-0.25, -0.2) is 8.78 Å². The normalized spacial score (nSPS) is 42.5. The fourth-order valence-electron chi connectivity index (χ4n) is 7.31. The van der Waals surface area contributed by atoms with Gasteiger partial charge in [0.2, 0.25) is 17.7 Å². The van der Waals surface area contributed by atoms with E-state index in [1.54, 1.807) is 0 Å². The minimum Gasteiger partial charge on any atom is -0.353 e. The average Bonchev–Trinajstić information content (AvgIpc) is 2.77. The van der Waals surface area contributed by atoms with Gasteiger partial charge in [-0.15, -0.1) is 0 Å². The third-order valence-corrected chi connectivity index (χ3v) is 9.47. The zero-order chi connectivity index (χ0) is 23.9. The lowest BCUT2D eigenvalue weighted by atomic mass is 9.65. The van der Waals surface area contributed by atoms with Crippen LogP contribution in [0, 0.1) is 35.5 Å². The molecule has 4 fully saturated rings. The quantitative estimate of drug-likeness (QED) is 0.651. The van der Waals surface area contributed by atoms with E-state index < -0.39 is 11.8 Å². The molecule has 2 aliphatic carbocycles. The zero-order valence-electron chi connectivity index (χ0n) is 20.8. The van der Waals surface area contributed by atoms with E-state index in [0.717, 1.165) is 45.6 Å². The molecule has 188 valence electrons. The molecule has 9 unspecified atom stereocenters. The summed E-state index contributed by atoms with van der Waals surface area (Å²) in [5.74, 6) is -2.30. The first-order valence-electron chi connectivity index (χ1n) is 13.2. The average molecular weight is 468 g/mol. The molecular weight excluding hydrogens is 424 g/mol. The van der Waals surface area contributed by atoms with Gasteiger partial charge < -0.3 is 15.5 Å². The Bertz CT molecular complexity index is 727. The molecule has 0 aromatic heterocycles. The summed E-state index contributed by atoms with van der Waals surface area (Å²) in [5.41, 5.74) is 0. The van der Waals surface area contributed by atoms with Gasteiger partial charge in [-0.1, -0.05) is 13.3 Å². The molecule has 2 heterocycles. The van der Waals surface area contributed by atoms with Gasteiger partial charge in [-0.05, 0) is 83.0 Å². The first kappa shape index (κ1) is 24.9. The van der Waals surface area contributed by atoms with E-state index in [1.807, 2.05) is 11.9 Å². The molecule has 0 aromatic rings. The molecule has 2 aliphatic heterocycles. The first-order chi connectivity index (χ1) is 15.5. The second kappa shape index (κ2) is 9.79. The van der Waals surface area contributed by atoms with Crippen molar-refractivity contribution in [2.75, 3.05) is 13.6 Å². The number of halogens is 2. The summed E-state index contributed by atoms with van der Waals surface area (Å²) >= 11 is 0. The highest BCUT2D eigenvalue weighted by Crippen LogP contribution is 2.44. The number of nitrogens with one attached hydrogen (secondary N) is 2. The molecule has 2 saturated carbocycles. The summed E-state index contributed by atoms with van der Waals surface area (Å²) in [4.78, 5) is 28.4. The molecular formula is C26H43F2N3O2. The molecule has 2 N–H and O–H groups in total. The van der Waals surface area contributed by atoms with Gasteiger partial charge in [0, 0.05) is 49.5 Å². The van der Waals surface area contributed by atoms with Crippen molar-refractivity contribution in [2.45, 2.75) is 103 Å². The molecule has 2 amide bonds. The van der Waals surface area contributed by atoms with Gasteiger partial charge in [-0.3, -0.25) is 9.59 Å². The number of piperidine rings is 2. The highest BCUT2D eigenvalue weighted by Gasteiger charge is 2.47. The lowest BCUT2D eigenvalue weighted by Crippen LogP contribution is -2.60. The van der Waals surface area contributed by atoms with Gasteiger partial charge in [-0.2, -0.15) is 0 Å². The fourth-order valence-corrected chi connectivity index (χ4v) is 7.31. The number of amides is 2. The van der Waals surface area contributed by atoms with E-state index in [0.29, 0.717) is 43.2 Å². The van der Waals surface area contributed by atoms with Crippen molar-refractivity contribution in [1.82, 2.24) is 15.5 Å². The minimum absolute atomic E-state index is 0.0130. The van der Waals surface area contributed by atoms with Crippen molar-refractivity contribution in [1.29, 1.82) is 0 Å². The molecule has 0 radical (unpaired) electrons. The molecule has 9 atom stereocenters. The third-order valence-electron chi connectivity index (χ3n) is 9.47. The fraction of sp³-hybridized carbons (Fsp3) is 0.923. The van der Waals surface area contributed by atoms with Crippen LogP contribution in [-0.2, 0) is 9.59 Å². The second-order valence-electron chi connectivity index (χ2n) is 11.8. The number of carbonyl (C=O) groups is 2. The van der Waals surface area contributed by atoms with E-state index in [1.165, 1.54) is 0 Å². The number of fused-ring (bicyclic) bond motifs is 1. The Hall–Kier alpha value is -1.24. The third kappa shape index (κ3) is 5.38. The summed E-state index contributed by atoms with van der Waals surface area (Å²) in [7, 11) is 1.97. The number of nitrogens with zero attached hydrogens (tertiary/aromatic N) is 1. The number of hydrogen-bond acceptors (Lipinski definition) is 3. The smallest absolute Gasteiger partial charge is 0.248 e. The van der Waals surface area contributed by atoms with Crippen molar-refractivity contribution in [3.8, 4) is 0 Å². The summed E-state index contributed by atoms with van der Waals surface area (Å²) in [6.45, 7) is 6.38. The SMILES string of the molecule is CC1CC2C(CN1)CC(C1CC(NC(=O)C3CCCC(C(C)(F)F)C3)CCC1C)C(=O)N2C. The molecule has 0 aromatic carbocycles. The highest BCUT2D eigenvalue weighted by molar-refractivity contribution is 5.80. The summed E-state index contributed by atoms with van der Waals surface area (Å²) in [5, 5.41) is 6.81. The molecule has 5 nitrogen and oxygen atoms in total. The van der Waals surface area contributed by atoms with E-state index in [2.05, 4.69) is 24.5 Å². The van der Waals surface area contributed by atoms with E-state index in [9.17, 15) is 18.4 Å². The van der Waals surface area contributed by atoms with Crippen LogP contribution >= 0.6 is 0 Å². The Kier molecular flexibility index (Phi) is 7.38. The van der Waals surface area contributed by atoms with Crippen LogP contribution in [0.5, 0.6) is 0 Å². The van der Waals surface area contributed by atoms with Crippen LogP contribution < -0.4 is 10.6 Å². The molecule has 4 aliphatic rings. The summed E-state index contributed by atoms with van der Waals surface area (Å²) in [6, 6.07) is 0.815. The predicted octanol–water partition coefficient (Wildman–Crippen LogP) is 4.21. The second-order valence-corrected chi connectivity index (χ2v) is 11.8. The number of alkyl halides is 2. The standard InChI is InChI=1S/C26H43F2N3O2/c1-15-8-9-20(30-24(32)17-6-5-7-19(11-17)26(3,27)28)13-21(15)22-12-18-14-29-16(2)10-23(18)31(4)25(22)33/h15-23,29H,5-14H2,1-4H3,(H,30,32). The van der Waals surface area contributed by atoms with Crippen molar-refractivity contribution >= 4 is 11.8 Å². The topological polar surface area (TPSA) is 61.4 Å². The maximum atomic E-state index is 13.8. The Labute approximate surface area is 197 Å². The summed E-state index contributed by atoms with van der Waals surface area (Å²) in [6.07, 6.45) is 6.83. The van der Waals surface area contributed by atoms with Gasteiger partial charge >= 0.3 is 0 Å². The van der Waals surface area contributed by atoms with Crippen molar-refractivity contribution in [2.24, 2.45) is 35.5 Å². The Morgan fingerprint density at radius 2 is 1.85 bits per heavy atom. The molecule has 0 spiro atoms. The lowest BCUT2D eigenvalue weighted by molar-refractivity contribution is -0.148. The van der Waals surface area contributed by atoms with Gasteiger partial charge in [0.1, 0.15) is 0 Å². The van der Waals surface area contributed by atoms with Crippen molar-refractivity contribution in [3.05, 3.63) is 0 Å². The Balaban J connectivity index is 1.38. The predicted molar refractivity (Wildman–Crippen MR) is 125 cm³/mol. The van der Waals surface area contributed by atoms with Gasteiger partial charge in [0.15, 0.2) is 0 Å². The number of carbonyl (C=O) groups excluding carboxylic acids is 2. The Morgan fingerprint density at radius 3 is 2.58 bits per heavy atom. The molecule has 33 heavy (non-hydrogen) atoms. The largest absolute Gasteiger partial charge is 0.353 e. The van der Waals surface area contributed by atoms with Crippen molar-refractivity contribution in [3.63, 3.8) is 0 Å². The maximum absolute atomic E-state index is 13.8. The minimum atomic E-state index is -2.72. The Morgan fingerprint density at radius 1 is 1.09 bits per heavy atom. The molecule has 2 saturated heterocycles. The van der Waals surface area contributed by atoms with Crippen LogP contribution in [0.3, 0.4) is 0 Å². The van der Waals surface area contributed by atoms with Crippen LogP contribution in [0.1, 0.15) is 78.6 Å². The van der Waals surface area contributed by atoms with E-state index >= 15 is 0 Å². The highest BCUT2D eigenvalue weighted by atomic mass is 19.3. The molecule has 7 heteroatoms. The number of hydrogen-bond donors (Lipinski definition) is 2. The van der Waals surface area contributed by atoms with E-state index in [-0.39, 0.29) is 42.0 Å². The van der Waals surface area contributed by atoms with Crippen LogP contribution in [0.2, 0.25) is 0 Å². The number of rotatable bonds is 4. The molecule has 4 rings (SSSR count). The first-order valence-corrected chi connectivity index (χ1v) is 13.2.